The summed E-state index contributed by atoms with van der Waals surface area (Å²) in [5.41, 5.74) is 6.60. The molecule has 0 saturated carbocycles. The molecule has 90 valence electrons. The molecular formula is C11H13N3O3. The van der Waals surface area contributed by atoms with Gasteiger partial charge in [-0.2, -0.15) is 0 Å². The summed E-state index contributed by atoms with van der Waals surface area (Å²) in [5.74, 6) is 0. The fourth-order valence-electron chi connectivity index (χ4n) is 1.99. The highest BCUT2D eigenvalue weighted by Crippen LogP contribution is 2.33. The maximum absolute atomic E-state index is 11.0. The molecule has 2 rings (SSSR count). The molecule has 1 atom stereocenters. The average Bonchev–Trinajstić information content (AvgIpc) is 2.66. The van der Waals surface area contributed by atoms with E-state index in [2.05, 4.69) is 0 Å². The second-order valence-electron chi connectivity index (χ2n) is 3.88. The van der Waals surface area contributed by atoms with Crippen molar-refractivity contribution in [1.82, 2.24) is 4.57 Å². The first-order valence-electron chi connectivity index (χ1n) is 5.16. The number of nitrogens with zero attached hydrogens (tertiary/aromatic N) is 2. The topological polar surface area (TPSA) is 94.3 Å². The first-order valence-corrected chi connectivity index (χ1v) is 5.16. The normalized spacial score (nSPS) is 12.9. The van der Waals surface area contributed by atoms with Crippen molar-refractivity contribution in [1.29, 1.82) is 0 Å². The second kappa shape index (κ2) is 4.15. The Bertz CT molecular complexity index is 577. The fourth-order valence-corrected chi connectivity index (χ4v) is 1.99. The minimum Gasteiger partial charge on any atom is -0.387 e. The summed E-state index contributed by atoms with van der Waals surface area (Å²) < 4.78 is 1.67. The molecule has 0 saturated heterocycles. The van der Waals surface area contributed by atoms with Crippen LogP contribution in [-0.4, -0.2) is 21.1 Å². The van der Waals surface area contributed by atoms with Crippen LogP contribution in [0, 0.1) is 10.1 Å². The molecule has 17 heavy (non-hydrogen) atoms. The van der Waals surface area contributed by atoms with E-state index in [9.17, 15) is 15.2 Å². The van der Waals surface area contributed by atoms with E-state index < -0.39 is 11.0 Å². The zero-order chi connectivity index (χ0) is 12.6. The van der Waals surface area contributed by atoms with Crippen LogP contribution in [0.1, 0.15) is 11.7 Å². The summed E-state index contributed by atoms with van der Waals surface area (Å²) >= 11 is 0. The van der Waals surface area contributed by atoms with Crippen LogP contribution >= 0.6 is 0 Å². The van der Waals surface area contributed by atoms with Gasteiger partial charge in [0.05, 0.1) is 28.1 Å². The highest BCUT2D eigenvalue weighted by atomic mass is 16.6. The highest BCUT2D eigenvalue weighted by Gasteiger charge is 2.21. The molecule has 0 bridgehead atoms. The van der Waals surface area contributed by atoms with E-state index in [1.807, 2.05) is 0 Å². The molecular weight excluding hydrogens is 222 g/mol. The zero-order valence-corrected chi connectivity index (χ0v) is 9.33. The molecule has 0 spiro atoms. The third-order valence-electron chi connectivity index (χ3n) is 2.81. The number of nitro groups is 1. The number of aliphatic hydroxyl groups excluding tert-OH is 1. The summed E-state index contributed by atoms with van der Waals surface area (Å²) in [7, 11) is 1.73. The predicted molar refractivity (Wildman–Crippen MR) is 63.6 cm³/mol. The Hall–Kier alpha value is -1.92. The molecule has 0 fully saturated rings. The quantitative estimate of drug-likeness (QED) is 0.614. The van der Waals surface area contributed by atoms with Gasteiger partial charge in [0, 0.05) is 13.6 Å². The molecule has 1 aromatic heterocycles. The van der Waals surface area contributed by atoms with Crippen molar-refractivity contribution < 1.29 is 10.0 Å². The average molecular weight is 235 g/mol. The number of hydrogen-bond donors (Lipinski definition) is 2. The van der Waals surface area contributed by atoms with E-state index in [0.717, 1.165) is 0 Å². The van der Waals surface area contributed by atoms with Crippen LogP contribution in [0.5, 0.6) is 0 Å². The zero-order valence-electron chi connectivity index (χ0n) is 9.33. The van der Waals surface area contributed by atoms with E-state index in [0.29, 0.717) is 16.5 Å². The van der Waals surface area contributed by atoms with Crippen molar-refractivity contribution in [2.24, 2.45) is 12.8 Å². The molecule has 0 aliphatic carbocycles. The Morgan fingerprint density at radius 1 is 1.59 bits per heavy atom. The molecule has 1 aromatic carbocycles. The van der Waals surface area contributed by atoms with Gasteiger partial charge in [-0.25, -0.2) is 0 Å². The lowest BCUT2D eigenvalue weighted by atomic mass is 10.0. The maximum Gasteiger partial charge on any atom is 0.295 e. The number of aryl methyl sites for hydroxylation is 1. The lowest BCUT2D eigenvalue weighted by Gasteiger charge is -2.09. The fraction of sp³-hybridized carbons (Fsp3) is 0.273. The largest absolute Gasteiger partial charge is 0.387 e. The Balaban J connectivity index is 2.81. The lowest BCUT2D eigenvalue weighted by Crippen LogP contribution is -2.11. The Kier molecular flexibility index (Phi) is 2.83. The van der Waals surface area contributed by atoms with Crippen molar-refractivity contribution in [3.05, 3.63) is 40.1 Å². The van der Waals surface area contributed by atoms with E-state index >= 15 is 0 Å². The Labute approximate surface area is 97.4 Å². The molecule has 0 aliphatic rings. The number of aromatic nitrogens is 1. The third kappa shape index (κ3) is 1.77. The van der Waals surface area contributed by atoms with Crippen LogP contribution in [0.4, 0.5) is 5.69 Å². The second-order valence-corrected chi connectivity index (χ2v) is 3.88. The minimum absolute atomic E-state index is 0.00870. The maximum atomic E-state index is 11.0. The van der Waals surface area contributed by atoms with Gasteiger partial charge in [-0.1, -0.05) is 12.1 Å². The third-order valence-corrected chi connectivity index (χ3v) is 2.81. The van der Waals surface area contributed by atoms with Crippen LogP contribution in [0.2, 0.25) is 0 Å². The highest BCUT2D eigenvalue weighted by molar-refractivity contribution is 5.93. The number of benzene rings is 1. The van der Waals surface area contributed by atoms with E-state index in [4.69, 9.17) is 5.73 Å². The van der Waals surface area contributed by atoms with Gasteiger partial charge < -0.3 is 15.4 Å². The molecule has 6 heteroatoms. The standard InChI is InChI=1S/C11H13N3O3/c1-13-6-9(14(16)17)11-7(10(15)5-12)3-2-4-8(11)13/h2-4,6,10,15H,5,12H2,1H3. The van der Waals surface area contributed by atoms with Gasteiger partial charge in [0.15, 0.2) is 0 Å². The van der Waals surface area contributed by atoms with Crippen LogP contribution < -0.4 is 5.73 Å². The molecule has 1 heterocycles. The molecule has 1 unspecified atom stereocenters. The van der Waals surface area contributed by atoms with E-state index in [-0.39, 0.29) is 12.2 Å². The number of fused-ring (bicyclic) bond motifs is 1. The lowest BCUT2D eigenvalue weighted by molar-refractivity contribution is -0.383. The summed E-state index contributed by atoms with van der Waals surface area (Å²) in [6.45, 7) is 0.0329. The van der Waals surface area contributed by atoms with Crippen molar-refractivity contribution in [2.75, 3.05) is 6.54 Å². The first kappa shape index (κ1) is 11.6. The van der Waals surface area contributed by atoms with Gasteiger partial charge in [-0.3, -0.25) is 10.1 Å². The molecule has 0 amide bonds. The Morgan fingerprint density at radius 2 is 2.29 bits per heavy atom. The number of aliphatic hydroxyl groups is 1. The predicted octanol–water partition coefficient (Wildman–Crippen LogP) is 1.08. The molecule has 3 N–H and O–H groups in total. The first-order chi connectivity index (χ1) is 8.06. The molecule has 2 aromatic rings. The van der Waals surface area contributed by atoms with Gasteiger partial charge >= 0.3 is 0 Å². The SMILES string of the molecule is Cn1cc([N+](=O)[O-])c2c(C(O)CN)cccc21. The van der Waals surface area contributed by atoms with Crippen LogP contribution in [0.3, 0.4) is 0 Å². The summed E-state index contributed by atoms with van der Waals surface area (Å²) in [5, 5.41) is 21.2. The van der Waals surface area contributed by atoms with Crippen LogP contribution in [-0.2, 0) is 7.05 Å². The van der Waals surface area contributed by atoms with Crippen LogP contribution in [0.15, 0.2) is 24.4 Å². The van der Waals surface area contributed by atoms with Crippen LogP contribution in [0.25, 0.3) is 10.9 Å². The monoisotopic (exact) mass is 235 g/mol. The van der Waals surface area contributed by atoms with E-state index in [1.165, 1.54) is 6.20 Å². The number of nitrogens with two attached hydrogens (primary N) is 1. The summed E-state index contributed by atoms with van der Waals surface area (Å²) in [4.78, 5) is 10.5. The number of rotatable bonds is 3. The van der Waals surface area contributed by atoms with Crippen molar-refractivity contribution >= 4 is 16.6 Å². The van der Waals surface area contributed by atoms with Gasteiger partial charge in [0.2, 0.25) is 0 Å². The molecule has 0 aliphatic heterocycles. The van der Waals surface area contributed by atoms with Crippen molar-refractivity contribution in [2.45, 2.75) is 6.10 Å². The molecule has 6 nitrogen and oxygen atoms in total. The van der Waals surface area contributed by atoms with Crippen molar-refractivity contribution in [3.8, 4) is 0 Å². The summed E-state index contributed by atoms with van der Waals surface area (Å²) in [6, 6.07) is 5.18. The minimum atomic E-state index is -0.889. The van der Waals surface area contributed by atoms with Gasteiger partial charge in [-0.05, 0) is 11.6 Å². The Morgan fingerprint density at radius 3 is 2.88 bits per heavy atom. The molecule has 0 radical (unpaired) electrons. The summed E-state index contributed by atoms with van der Waals surface area (Å²) in [6.07, 6.45) is 0.553. The van der Waals surface area contributed by atoms with Crippen molar-refractivity contribution in [3.63, 3.8) is 0 Å². The van der Waals surface area contributed by atoms with Gasteiger partial charge in [0.1, 0.15) is 0 Å². The smallest absolute Gasteiger partial charge is 0.295 e. The van der Waals surface area contributed by atoms with Gasteiger partial charge in [-0.15, -0.1) is 0 Å². The number of hydrogen-bond acceptors (Lipinski definition) is 4. The van der Waals surface area contributed by atoms with Gasteiger partial charge in [0.25, 0.3) is 5.69 Å². The van der Waals surface area contributed by atoms with E-state index in [1.54, 1.807) is 29.8 Å².